The molecule has 1 fully saturated rings. The fraction of sp³-hybridized carbons (Fsp3) is 0.769. The lowest BCUT2D eigenvalue weighted by molar-refractivity contribution is 0.238. The molecule has 1 aromatic heterocycles. The molecule has 1 aliphatic rings. The molecule has 0 radical (unpaired) electrons. The Kier molecular flexibility index (Phi) is 5.41. The second-order valence-corrected chi connectivity index (χ2v) is 5.88. The molecule has 0 spiro atoms. The van der Waals surface area contributed by atoms with E-state index in [2.05, 4.69) is 21.7 Å². The van der Waals surface area contributed by atoms with Gasteiger partial charge in [-0.2, -0.15) is 0 Å². The third-order valence-corrected chi connectivity index (χ3v) is 4.32. The summed E-state index contributed by atoms with van der Waals surface area (Å²) in [5.74, 6) is 0. The van der Waals surface area contributed by atoms with Crippen molar-refractivity contribution < 1.29 is 0 Å². The summed E-state index contributed by atoms with van der Waals surface area (Å²) >= 11 is 1.73. The number of piperazine rings is 1. The molecule has 5 heteroatoms. The molecule has 0 saturated carbocycles. The Morgan fingerprint density at radius 3 is 2.78 bits per heavy atom. The fourth-order valence-electron chi connectivity index (χ4n) is 2.38. The summed E-state index contributed by atoms with van der Waals surface area (Å²) in [5, 5.41) is 3.20. The van der Waals surface area contributed by atoms with Gasteiger partial charge >= 0.3 is 0 Å². The zero-order valence-electron chi connectivity index (χ0n) is 11.2. The Balaban J connectivity index is 1.70. The minimum atomic E-state index is 0.344. The van der Waals surface area contributed by atoms with Crippen LogP contribution in [0.1, 0.15) is 26.2 Å². The minimum absolute atomic E-state index is 0.344. The predicted octanol–water partition coefficient (Wildman–Crippen LogP) is 1.78. The van der Waals surface area contributed by atoms with E-state index < -0.39 is 0 Å². The van der Waals surface area contributed by atoms with Crippen molar-refractivity contribution >= 4 is 16.5 Å². The Morgan fingerprint density at radius 2 is 2.17 bits per heavy atom. The van der Waals surface area contributed by atoms with Crippen molar-refractivity contribution in [2.45, 2.75) is 32.2 Å². The third-order valence-electron chi connectivity index (χ3n) is 3.48. The van der Waals surface area contributed by atoms with E-state index in [-0.39, 0.29) is 0 Å². The molecule has 1 unspecified atom stereocenters. The highest BCUT2D eigenvalue weighted by atomic mass is 32.1. The molecular formula is C13H24N4S. The van der Waals surface area contributed by atoms with Crippen LogP contribution in [0.15, 0.2) is 11.6 Å². The maximum Gasteiger partial charge on any atom is 0.185 e. The van der Waals surface area contributed by atoms with Crippen molar-refractivity contribution in [2.75, 3.05) is 37.6 Å². The van der Waals surface area contributed by atoms with Crippen molar-refractivity contribution in [3.05, 3.63) is 11.6 Å². The van der Waals surface area contributed by atoms with Crippen LogP contribution in [0.4, 0.5) is 5.13 Å². The third kappa shape index (κ3) is 3.93. The molecule has 18 heavy (non-hydrogen) atoms. The molecule has 0 aliphatic carbocycles. The number of anilines is 1. The lowest BCUT2D eigenvalue weighted by Gasteiger charge is -2.35. The van der Waals surface area contributed by atoms with E-state index >= 15 is 0 Å². The number of nitrogens with zero attached hydrogens (tertiary/aromatic N) is 3. The average molecular weight is 268 g/mol. The van der Waals surface area contributed by atoms with E-state index in [1.807, 2.05) is 11.6 Å². The zero-order chi connectivity index (χ0) is 12.8. The van der Waals surface area contributed by atoms with Gasteiger partial charge in [-0.05, 0) is 6.42 Å². The van der Waals surface area contributed by atoms with Crippen LogP contribution in [-0.2, 0) is 0 Å². The molecule has 1 saturated heterocycles. The lowest BCUT2D eigenvalue weighted by atomic mass is 10.1. The van der Waals surface area contributed by atoms with E-state index in [1.54, 1.807) is 11.3 Å². The van der Waals surface area contributed by atoms with Crippen LogP contribution >= 0.6 is 11.3 Å². The smallest absolute Gasteiger partial charge is 0.185 e. The summed E-state index contributed by atoms with van der Waals surface area (Å²) in [6.07, 6.45) is 5.53. The van der Waals surface area contributed by atoms with Gasteiger partial charge < -0.3 is 10.6 Å². The van der Waals surface area contributed by atoms with Crippen LogP contribution in [0, 0.1) is 0 Å². The first-order valence-corrected chi connectivity index (χ1v) is 7.80. The molecule has 102 valence electrons. The van der Waals surface area contributed by atoms with Gasteiger partial charge in [0.2, 0.25) is 0 Å². The second-order valence-electron chi connectivity index (χ2n) is 5.00. The Hall–Kier alpha value is -0.650. The first kappa shape index (κ1) is 13.8. The van der Waals surface area contributed by atoms with Crippen LogP contribution in [-0.4, -0.2) is 48.6 Å². The number of unbranched alkanes of at least 4 members (excludes halogenated alkanes) is 1. The summed E-state index contributed by atoms with van der Waals surface area (Å²) in [7, 11) is 0. The van der Waals surface area contributed by atoms with E-state index in [4.69, 9.17) is 5.73 Å². The maximum atomic E-state index is 6.15. The van der Waals surface area contributed by atoms with Crippen LogP contribution in [0.2, 0.25) is 0 Å². The highest BCUT2D eigenvalue weighted by molar-refractivity contribution is 7.13. The van der Waals surface area contributed by atoms with Crippen molar-refractivity contribution in [1.29, 1.82) is 0 Å². The Labute approximate surface area is 114 Å². The maximum absolute atomic E-state index is 6.15. The second kappa shape index (κ2) is 7.07. The molecule has 1 atom stereocenters. The topological polar surface area (TPSA) is 45.4 Å². The molecule has 2 heterocycles. The average Bonchev–Trinajstić information content (AvgIpc) is 2.91. The molecule has 2 rings (SSSR count). The van der Waals surface area contributed by atoms with Gasteiger partial charge in [0.1, 0.15) is 0 Å². The minimum Gasteiger partial charge on any atom is -0.346 e. The molecule has 0 bridgehead atoms. The van der Waals surface area contributed by atoms with Gasteiger partial charge in [-0.15, -0.1) is 11.3 Å². The SMILES string of the molecule is CCCCC(N)CN1CCN(c2nccs2)CC1. The highest BCUT2D eigenvalue weighted by Gasteiger charge is 2.19. The number of hydrogen-bond acceptors (Lipinski definition) is 5. The fourth-order valence-corrected chi connectivity index (χ4v) is 3.08. The van der Waals surface area contributed by atoms with Gasteiger partial charge in [-0.1, -0.05) is 19.8 Å². The Morgan fingerprint density at radius 1 is 1.39 bits per heavy atom. The van der Waals surface area contributed by atoms with Gasteiger partial charge in [0.15, 0.2) is 5.13 Å². The number of hydrogen-bond donors (Lipinski definition) is 1. The standard InChI is InChI=1S/C13H24N4S/c1-2-3-4-12(14)11-16-6-8-17(9-7-16)13-15-5-10-18-13/h5,10,12H,2-4,6-9,11,14H2,1H3. The van der Waals surface area contributed by atoms with E-state index in [0.717, 1.165) is 44.3 Å². The first-order valence-electron chi connectivity index (χ1n) is 6.92. The molecular weight excluding hydrogens is 244 g/mol. The number of thiazole rings is 1. The lowest BCUT2D eigenvalue weighted by Crippen LogP contribution is -2.49. The molecule has 1 aliphatic heterocycles. The van der Waals surface area contributed by atoms with E-state index in [1.165, 1.54) is 12.8 Å². The zero-order valence-corrected chi connectivity index (χ0v) is 12.0. The molecule has 4 nitrogen and oxygen atoms in total. The summed E-state index contributed by atoms with van der Waals surface area (Å²) in [6.45, 7) is 7.64. The quantitative estimate of drug-likeness (QED) is 0.854. The molecule has 0 amide bonds. The number of nitrogens with two attached hydrogens (primary N) is 1. The Bertz CT molecular complexity index is 320. The molecule has 2 N–H and O–H groups in total. The summed E-state index contributed by atoms with van der Waals surface area (Å²) in [5.41, 5.74) is 6.15. The number of rotatable bonds is 6. The molecule has 0 aromatic carbocycles. The number of aromatic nitrogens is 1. The van der Waals surface area contributed by atoms with Crippen LogP contribution < -0.4 is 10.6 Å². The van der Waals surface area contributed by atoms with Gasteiger partial charge in [0, 0.05) is 50.3 Å². The van der Waals surface area contributed by atoms with Crippen molar-refractivity contribution in [3.63, 3.8) is 0 Å². The normalized spacial score (nSPS) is 19.1. The first-order chi connectivity index (χ1) is 8.79. The summed E-state index contributed by atoms with van der Waals surface area (Å²) in [6, 6.07) is 0.344. The largest absolute Gasteiger partial charge is 0.346 e. The van der Waals surface area contributed by atoms with Crippen LogP contribution in [0.25, 0.3) is 0 Å². The molecule has 1 aromatic rings. The van der Waals surface area contributed by atoms with Gasteiger partial charge in [-0.3, -0.25) is 4.90 Å². The predicted molar refractivity (Wildman–Crippen MR) is 78.3 cm³/mol. The van der Waals surface area contributed by atoms with Gasteiger partial charge in [0.25, 0.3) is 0 Å². The van der Waals surface area contributed by atoms with Gasteiger partial charge in [-0.25, -0.2) is 4.98 Å². The summed E-state index contributed by atoms with van der Waals surface area (Å²) in [4.78, 5) is 9.23. The van der Waals surface area contributed by atoms with E-state index in [0.29, 0.717) is 6.04 Å². The van der Waals surface area contributed by atoms with Crippen molar-refractivity contribution in [3.8, 4) is 0 Å². The van der Waals surface area contributed by atoms with Crippen LogP contribution in [0.3, 0.4) is 0 Å². The monoisotopic (exact) mass is 268 g/mol. The highest BCUT2D eigenvalue weighted by Crippen LogP contribution is 2.18. The van der Waals surface area contributed by atoms with Crippen molar-refractivity contribution in [1.82, 2.24) is 9.88 Å². The van der Waals surface area contributed by atoms with Gasteiger partial charge in [0.05, 0.1) is 0 Å². The van der Waals surface area contributed by atoms with Crippen LogP contribution in [0.5, 0.6) is 0 Å². The van der Waals surface area contributed by atoms with E-state index in [9.17, 15) is 0 Å². The van der Waals surface area contributed by atoms with Crippen molar-refractivity contribution in [2.24, 2.45) is 5.73 Å². The summed E-state index contributed by atoms with van der Waals surface area (Å²) < 4.78 is 0.